The van der Waals surface area contributed by atoms with E-state index in [1.165, 1.54) is 11.3 Å². The second-order valence-electron chi connectivity index (χ2n) is 5.66. The first-order chi connectivity index (χ1) is 9.74. The molecule has 2 aromatic rings. The number of nitrogens with two attached hydrogens (primary N) is 1. The van der Waals surface area contributed by atoms with E-state index in [9.17, 15) is 4.79 Å². The van der Waals surface area contributed by atoms with E-state index < -0.39 is 0 Å². The fourth-order valence-electron chi connectivity index (χ4n) is 1.59. The zero-order valence-corrected chi connectivity index (χ0v) is 14.1. The van der Waals surface area contributed by atoms with E-state index in [2.05, 4.69) is 20.6 Å². The topological polar surface area (TPSA) is 92.9 Å². The van der Waals surface area contributed by atoms with Crippen LogP contribution in [0.25, 0.3) is 0 Å². The van der Waals surface area contributed by atoms with Gasteiger partial charge in [0, 0.05) is 16.6 Å². The fourth-order valence-corrected chi connectivity index (χ4v) is 3.32. The normalized spacial score (nSPS) is 11.4. The molecule has 0 bridgehead atoms. The van der Waals surface area contributed by atoms with Crippen LogP contribution in [0, 0.1) is 6.92 Å². The first-order valence-electron chi connectivity index (χ1n) is 6.48. The van der Waals surface area contributed by atoms with E-state index >= 15 is 0 Å². The van der Waals surface area contributed by atoms with E-state index in [0.717, 1.165) is 9.88 Å². The van der Waals surface area contributed by atoms with Crippen molar-refractivity contribution in [2.75, 3.05) is 11.1 Å². The fraction of sp³-hybridized carbons (Fsp3) is 0.462. The molecule has 0 saturated heterocycles. The van der Waals surface area contributed by atoms with E-state index in [-0.39, 0.29) is 17.3 Å². The predicted molar refractivity (Wildman–Crippen MR) is 87.9 cm³/mol. The molecule has 4 N–H and O–H groups in total. The molecule has 0 aliphatic heterocycles. The van der Waals surface area contributed by atoms with Gasteiger partial charge in [0.2, 0.25) is 0 Å². The lowest BCUT2D eigenvalue weighted by Gasteiger charge is -2.19. The van der Waals surface area contributed by atoms with Gasteiger partial charge in [-0.1, -0.05) is 11.3 Å². The number of anilines is 2. The number of carbonyl (C=O) groups excluding carboxylic acids is 1. The smallest absolute Gasteiger partial charge is 0.265 e. The zero-order valence-electron chi connectivity index (χ0n) is 12.5. The number of thiazole rings is 2. The number of carbonyl (C=O) groups is 1. The molecule has 0 atom stereocenters. The molecule has 0 fully saturated rings. The Bertz CT molecular complexity index is 641. The van der Waals surface area contributed by atoms with Crippen molar-refractivity contribution >= 4 is 39.5 Å². The van der Waals surface area contributed by atoms with Gasteiger partial charge < -0.3 is 16.4 Å². The van der Waals surface area contributed by atoms with Crippen molar-refractivity contribution < 1.29 is 4.79 Å². The molecule has 114 valence electrons. The first-order valence-corrected chi connectivity index (χ1v) is 8.12. The van der Waals surface area contributed by atoms with Crippen molar-refractivity contribution in [2.24, 2.45) is 0 Å². The van der Waals surface area contributed by atoms with Crippen LogP contribution in [0.1, 0.15) is 40.3 Å². The highest BCUT2D eigenvalue weighted by molar-refractivity contribution is 7.18. The van der Waals surface area contributed by atoms with E-state index in [0.29, 0.717) is 16.6 Å². The van der Waals surface area contributed by atoms with Gasteiger partial charge in [-0.25, -0.2) is 9.97 Å². The SMILES string of the molecule is Cc1cnc(CNC(=O)c2sc(NC(C)(C)C)nc2N)s1. The summed E-state index contributed by atoms with van der Waals surface area (Å²) in [4.78, 5) is 22.1. The molecule has 2 rings (SSSR count). The number of hydrogen-bond acceptors (Lipinski definition) is 7. The molecule has 0 aliphatic rings. The maximum Gasteiger partial charge on any atom is 0.265 e. The molecule has 0 saturated carbocycles. The van der Waals surface area contributed by atoms with Crippen molar-refractivity contribution in [3.05, 3.63) is 21.0 Å². The Morgan fingerprint density at radius 2 is 2.10 bits per heavy atom. The molecule has 0 aromatic carbocycles. The lowest BCUT2D eigenvalue weighted by molar-refractivity contribution is 0.0955. The summed E-state index contributed by atoms with van der Waals surface area (Å²) >= 11 is 2.82. The summed E-state index contributed by atoms with van der Waals surface area (Å²) in [5, 5.41) is 7.55. The van der Waals surface area contributed by atoms with Gasteiger partial charge in [0.1, 0.15) is 15.7 Å². The summed E-state index contributed by atoms with van der Waals surface area (Å²) < 4.78 is 0. The Kier molecular flexibility index (Phi) is 4.48. The molecule has 0 radical (unpaired) electrons. The Morgan fingerprint density at radius 3 is 2.67 bits per heavy atom. The third kappa shape index (κ3) is 4.40. The summed E-state index contributed by atoms with van der Waals surface area (Å²) in [7, 11) is 0. The molecule has 0 aliphatic carbocycles. The molecule has 2 heterocycles. The average Bonchev–Trinajstić information content (AvgIpc) is 2.90. The maximum atomic E-state index is 12.2. The third-order valence-corrected chi connectivity index (χ3v) is 4.31. The summed E-state index contributed by atoms with van der Waals surface area (Å²) in [5.41, 5.74) is 5.69. The summed E-state index contributed by atoms with van der Waals surface area (Å²) in [6, 6.07) is 0. The Balaban J connectivity index is 2.02. The van der Waals surface area contributed by atoms with Crippen LogP contribution in [0.15, 0.2) is 6.20 Å². The van der Waals surface area contributed by atoms with Crippen LogP contribution in [0.2, 0.25) is 0 Å². The summed E-state index contributed by atoms with van der Waals surface area (Å²) in [5.74, 6) is 0.0272. The molecular formula is C13H19N5OS2. The van der Waals surface area contributed by atoms with Crippen molar-refractivity contribution in [3.63, 3.8) is 0 Å². The number of nitrogen functional groups attached to an aromatic ring is 1. The zero-order chi connectivity index (χ0) is 15.6. The van der Waals surface area contributed by atoms with Crippen LogP contribution < -0.4 is 16.4 Å². The van der Waals surface area contributed by atoms with Crippen LogP contribution in [0.5, 0.6) is 0 Å². The highest BCUT2D eigenvalue weighted by atomic mass is 32.1. The van der Waals surface area contributed by atoms with E-state index in [1.807, 2.05) is 27.7 Å². The van der Waals surface area contributed by atoms with Gasteiger partial charge in [0.25, 0.3) is 5.91 Å². The standard InChI is InChI=1S/C13H19N5OS2/c1-7-5-15-8(20-7)6-16-11(19)9-10(14)17-12(21-9)18-13(2,3)4/h5H,6,14H2,1-4H3,(H,16,19)(H,17,18). The Hall–Kier alpha value is -1.67. The monoisotopic (exact) mass is 325 g/mol. The summed E-state index contributed by atoms with van der Waals surface area (Å²) in [6.07, 6.45) is 1.79. The molecule has 0 spiro atoms. The minimum atomic E-state index is -0.222. The number of rotatable bonds is 4. The second-order valence-corrected chi connectivity index (χ2v) is 7.97. The van der Waals surface area contributed by atoms with Crippen molar-refractivity contribution in [1.82, 2.24) is 15.3 Å². The molecule has 0 unspecified atom stereocenters. The van der Waals surface area contributed by atoms with Crippen LogP contribution in [0.3, 0.4) is 0 Å². The lowest BCUT2D eigenvalue weighted by atomic mass is 10.1. The van der Waals surface area contributed by atoms with Crippen LogP contribution in [-0.4, -0.2) is 21.4 Å². The number of aryl methyl sites for hydroxylation is 1. The molecule has 21 heavy (non-hydrogen) atoms. The van der Waals surface area contributed by atoms with Crippen LogP contribution in [0.4, 0.5) is 10.9 Å². The van der Waals surface area contributed by atoms with Gasteiger partial charge in [-0.2, -0.15) is 0 Å². The van der Waals surface area contributed by atoms with E-state index in [1.54, 1.807) is 17.5 Å². The number of nitrogens with zero attached hydrogens (tertiary/aromatic N) is 2. The largest absolute Gasteiger partial charge is 0.382 e. The van der Waals surface area contributed by atoms with Crippen LogP contribution in [-0.2, 0) is 6.54 Å². The van der Waals surface area contributed by atoms with Gasteiger partial charge in [0.05, 0.1) is 6.54 Å². The molecule has 2 aromatic heterocycles. The van der Waals surface area contributed by atoms with Gasteiger partial charge in [-0.15, -0.1) is 11.3 Å². The lowest BCUT2D eigenvalue weighted by Crippen LogP contribution is -2.25. The van der Waals surface area contributed by atoms with Gasteiger partial charge in [0.15, 0.2) is 5.13 Å². The predicted octanol–water partition coefficient (Wildman–Crippen LogP) is 2.63. The average molecular weight is 325 g/mol. The number of nitrogens with one attached hydrogen (secondary N) is 2. The number of hydrogen-bond donors (Lipinski definition) is 3. The first kappa shape index (κ1) is 15.7. The highest BCUT2D eigenvalue weighted by Crippen LogP contribution is 2.27. The minimum absolute atomic E-state index is 0.129. The Labute approximate surface area is 131 Å². The molecular weight excluding hydrogens is 306 g/mol. The maximum absolute atomic E-state index is 12.2. The molecule has 6 nitrogen and oxygen atoms in total. The van der Waals surface area contributed by atoms with Gasteiger partial charge in [-0.05, 0) is 27.7 Å². The number of amides is 1. The highest BCUT2D eigenvalue weighted by Gasteiger charge is 2.19. The van der Waals surface area contributed by atoms with Crippen molar-refractivity contribution in [3.8, 4) is 0 Å². The van der Waals surface area contributed by atoms with Crippen LogP contribution >= 0.6 is 22.7 Å². The molecule has 1 amide bonds. The third-order valence-electron chi connectivity index (χ3n) is 2.41. The van der Waals surface area contributed by atoms with Crippen molar-refractivity contribution in [2.45, 2.75) is 39.8 Å². The number of aromatic nitrogens is 2. The minimum Gasteiger partial charge on any atom is -0.382 e. The quantitative estimate of drug-likeness (QED) is 0.803. The second kappa shape index (κ2) is 5.98. The Morgan fingerprint density at radius 1 is 1.38 bits per heavy atom. The molecule has 8 heteroatoms. The van der Waals surface area contributed by atoms with E-state index in [4.69, 9.17) is 5.73 Å². The van der Waals surface area contributed by atoms with Gasteiger partial charge in [-0.3, -0.25) is 4.79 Å². The summed E-state index contributed by atoms with van der Waals surface area (Å²) in [6.45, 7) is 8.45. The van der Waals surface area contributed by atoms with Gasteiger partial charge >= 0.3 is 0 Å². The van der Waals surface area contributed by atoms with Crippen molar-refractivity contribution in [1.29, 1.82) is 0 Å².